The first-order valence-corrected chi connectivity index (χ1v) is 6.10. The first-order valence-electron chi connectivity index (χ1n) is 3.86. The van der Waals surface area contributed by atoms with Crippen LogP contribution in [0.5, 0.6) is 0 Å². The Morgan fingerprint density at radius 2 is 2.43 bits per heavy atom. The zero-order valence-electron chi connectivity index (χ0n) is 7.32. The first-order chi connectivity index (χ1) is 6.74. The Morgan fingerprint density at radius 1 is 1.57 bits per heavy atom. The van der Waals surface area contributed by atoms with Gasteiger partial charge < -0.3 is 0 Å². The van der Waals surface area contributed by atoms with E-state index in [1.165, 1.54) is 23.1 Å². The van der Waals surface area contributed by atoms with Gasteiger partial charge in [-0.15, -0.1) is 16.4 Å². The van der Waals surface area contributed by atoms with Gasteiger partial charge in [0.05, 0.1) is 5.69 Å². The number of rotatable bonds is 3. The fourth-order valence-corrected chi connectivity index (χ4v) is 2.50. The fourth-order valence-electron chi connectivity index (χ4n) is 0.874. The van der Waals surface area contributed by atoms with E-state index in [-0.39, 0.29) is 0 Å². The maximum atomic E-state index is 5.71. The van der Waals surface area contributed by atoms with Crippen molar-refractivity contribution in [1.82, 2.24) is 20.2 Å². The van der Waals surface area contributed by atoms with Crippen LogP contribution in [0.1, 0.15) is 11.5 Å². The highest BCUT2D eigenvalue weighted by atomic mass is 35.5. The van der Waals surface area contributed by atoms with Crippen molar-refractivity contribution in [1.29, 1.82) is 0 Å². The third kappa shape index (κ3) is 2.46. The zero-order valence-corrected chi connectivity index (χ0v) is 9.71. The predicted molar refractivity (Wildman–Crippen MR) is 57.8 cm³/mol. The van der Waals surface area contributed by atoms with Gasteiger partial charge in [-0.3, -0.25) is 5.10 Å². The lowest BCUT2D eigenvalue weighted by Gasteiger charge is -1.90. The molecule has 0 bridgehead atoms. The van der Waals surface area contributed by atoms with E-state index in [0.717, 1.165) is 22.4 Å². The molecule has 2 rings (SSSR count). The average molecular weight is 247 g/mol. The number of aromatic amines is 1. The van der Waals surface area contributed by atoms with Crippen molar-refractivity contribution in [3.8, 4) is 0 Å². The molecule has 0 amide bonds. The lowest BCUT2D eigenvalue weighted by Crippen LogP contribution is -1.81. The number of thioether (sulfide) groups is 1. The minimum Gasteiger partial charge on any atom is -0.262 e. The van der Waals surface area contributed by atoms with E-state index in [1.54, 1.807) is 0 Å². The van der Waals surface area contributed by atoms with Crippen molar-refractivity contribution >= 4 is 34.7 Å². The molecule has 0 aliphatic heterocycles. The molecule has 0 unspecified atom stereocenters. The molecular formula is C7H7ClN4S2. The quantitative estimate of drug-likeness (QED) is 0.846. The lowest BCUT2D eigenvalue weighted by molar-refractivity contribution is 0.968. The van der Waals surface area contributed by atoms with Crippen molar-refractivity contribution in [2.24, 2.45) is 0 Å². The van der Waals surface area contributed by atoms with E-state index in [1.807, 2.05) is 12.3 Å². The SMILES string of the molecule is Cc1nc(SCc2csc(Cl)n2)n[nH]1. The molecule has 0 aromatic carbocycles. The Bertz CT molecular complexity index is 385. The van der Waals surface area contributed by atoms with Gasteiger partial charge in [0.25, 0.3) is 0 Å². The van der Waals surface area contributed by atoms with E-state index < -0.39 is 0 Å². The van der Waals surface area contributed by atoms with Gasteiger partial charge in [0, 0.05) is 11.1 Å². The number of hydrogen-bond donors (Lipinski definition) is 1. The second-order valence-corrected chi connectivity index (χ2v) is 4.97. The number of nitrogens with one attached hydrogen (secondary N) is 1. The Kier molecular flexibility index (Phi) is 3.05. The van der Waals surface area contributed by atoms with Crippen molar-refractivity contribution in [2.75, 3.05) is 0 Å². The van der Waals surface area contributed by atoms with Crippen molar-refractivity contribution in [2.45, 2.75) is 17.8 Å². The molecule has 0 saturated heterocycles. The summed E-state index contributed by atoms with van der Waals surface area (Å²) in [5.41, 5.74) is 0.965. The second-order valence-electron chi connectivity index (χ2n) is 2.58. The molecule has 0 spiro atoms. The van der Waals surface area contributed by atoms with Gasteiger partial charge in [-0.05, 0) is 6.92 Å². The number of aromatic nitrogens is 4. The smallest absolute Gasteiger partial charge is 0.208 e. The van der Waals surface area contributed by atoms with Crippen LogP contribution in [-0.4, -0.2) is 20.2 Å². The molecule has 2 aromatic heterocycles. The van der Waals surface area contributed by atoms with Crippen LogP contribution in [0.4, 0.5) is 0 Å². The van der Waals surface area contributed by atoms with Crippen LogP contribution in [0.2, 0.25) is 4.47 Å². The highest BCUT2D eigenvalue weighted by Crippen LogP contribution is 2.22. The van der Waals surface area contributed by atoms with Crippen LogP contribution >= 0.6 is 34.7 Å². The molecule has 14 heavy (non-hydrogen) atoms. The summed E-state index contributed by atoms with van der Waals surface area (Å²) in [4.78, 5) is 8.30. The summed E-state index contributed by atoms with van der Waals surface area (Å²) in [7, 11) is 0. The van der Waals surface area contributed by atoms with Crippen LogP contribution < -0.4 is 0 Å². The lowest BCUT2D eigenvalue weighted by atomic mass is 10.6. The highest BCUT2D eigenvalue weighted by molar-refractivity contribution is 7.98. The topological polar surface area (TPSA) is 54.5 Å². The number of nitrogens with zero attached hydrogens (tertiary/aromatic N) is 3. The van der Waals surface area contributed by atoms with Gasteiger partial charge in [0.2, 0.25) is 5.16 Å². The van der Waals surface area contributed by atoms with Crippen LogP contribution in [-0.2, 0) is 5.75 Å². The molecule has 7 heteroatoms. The summed E-state index contributed by atoms with van der Waals surface area (Å²) in [6, 6.07) is 0. The molecule has 2 heterocycles. The summed E-state index contributed by atoms with van der Waals surface area (Å²) in [6.45, 7) is 1.87. The van der Waals surface area contributed by atoms with Crippen LogP contribution in [0.15, 0.2) is 10.5 Å². The van der Waals surface area contributed by atoms with E-state index in [2.05, 4.69) is 20.2 Å². The Balaban J connectivity index is 1.94. The standard InChI is InChI=1S/C7H7ClN4S2/c1-4-9-7(12-11-4)14-3-5-2-13-6(8)10-5/h2H,3H2,1H3,(H,9,11,12). The molecule has 0 atom stereocenters. The summed E-state index contributed by atoms with van der Waals surface area (Å²) in [5.74, 6) is 1.57. The van der Waals surface area contributed by atoms with E-state index >= 15 is 0 Å². The third-order valence-corrected chi connectivity index (χ3v) is 3.36. The monoisotopic (exact) mass is 246 g/mol. The van der Waals surface area contributed by atoms with Gasteiger partial charge >= 0.3 is 0 Å². The number of halogens is 1. The number of thiazole rings is 1. The molecule has 74 valence electrons. The average Bonchev–Trinajstić information content (AvgIpc) is 2.72. The number of aryl methyl sites for hydroxylation is 1. The molecule has 0 radical (unpaired) electrons. The zero-order chi connectivity index (χ0) is 9.97. The fraction of sp³-hybridized carbons (Fsp3) is 0.286. The van der Waals surface area contributed by atoms with Gasteiger partial charge in [0.15, 0.2) is 4.47 Å². The summed E-state index contributed by atoms with van der Waals surface area (Å²) < 4.78 is 0.576. The van der Waals surface area contributed by atoms with Crippen molar-refractivity contribution < 1.29 is 0 Å². The van der Waals surface area contributed by atoms with Crippen LogP contribution in [0, 0.1) is 6.92 Å². The predicted octanol–water partition coefficient (Wildman–Crippen LogP) is 2.52. The van der Waals surface area contributed by atoms with Crippen molar-refractivity contribution in [3.63, 3.8) is 0 Å². The van der Waals surface area contributed by atoms with E-state index in [9.17, 15) is 0 Å². The molecule has 2 aromatic rings. The highest BCUT2D eigenvalue weighted by Gasteiger charge is 2.03. The number of hydrogen-bond acceptors (Lipinski definition) is 5. The van der Waals surface area contributed by atoms with E-state index in [4.69, 9.17) is 11.6 Å². The maximum absolute atomic E-state index is 5.71. The molecule has 4 nitrogen and oxygen atoms in total. The van der Waals surface area contributed by atoms with E-state index in [0.29, 0.717) is 4.47 Å². The molecule has 0 aliphatic rings. The van der Waals surface area contributed by atoms with Crippen molar-refractivity contribution in [3.05, 3.63) is 21.4 Å². The van der Waals surface area contributed by atoms with Crippen LogP contribution in [0.25, 0.3) is 0 Å². The summed E-state index contributed by atoms with van der Waals surface area (Å²) in [5, 5.41) is 9.47. The Labute approximate surface area is 94.1 Å². The molecule has 0 saturated carbocycles. The summed E-state index contributed by atoms with van der Waals surface area (Å²) >= 11 is 8.68. The second kappa shape index (κ2) is 4.29. The normalized spacial score (nSPS) is 10.7. The minimum atomic E-state index is 0.576. The molecule has 1 N–H and O–H groups in total. The Hall–Kier alpha value is -0.590. The van der Waals surface area contributed by atoms with Gasteiger partial charge in [-0.2, -0.15) is 0 Å². The first kappa shape index (κ1) is 9.95. The minimum absolute atomic E-state index is 0.576. The maximum Gasteiger partial charge on any atom is 0.208 e. The Morgan fingerprint density at radius 3 is 3.00 bits per heavy atom. The van der Waals surface area contributed by atoms with Gasteiger partial charge in [-0.25, -0.2) is 9.97 Å². The third-order valence-electron chi connectivity index (χ3n) is 1.45. The molecule has 0 fully saturated rings. The van der Waals surface area contributed by atoms with Gasteiger partial charge in [-0.1, -0.05) is 23.4 Å². The van der Waals surface area contributed by atoms with Crippen LogP contribution in [0.3, 0.4) is 0 Å². The molecule has 0 aliphatic carbocycles. The molecular weight excluding hydrogens is 240 g/mol. The number of H-pyrrole nitrogens is 1. The van der Waals surface area contributed by atoms with Gasteiger partial charge in [0.1, 0.15) is 5.82 Å². The summed E-state index contributed by atoms with van der Waals surface area (Å²) in [6.07, 6.45) is 0. The largest absolute Gasteiger partial charge is 0.262 e.